The molecule has 98 valence electrons. The standard InChI is InChI=1S/C14H23ClO2/c1-4-5-6-7-8-9-10-11-14(15)12(2)17-13(3)16/h11H,2,4-10H2,1,3H3/b14-11+. The summed E-state index contributed by atoms with van der Waals surface area (Å²) < 4.78 is 4.79. The number of halogens is 1. The number of carbonyl (C=O) groups is 1. The van der Waals surface area contributed by atoms with E-state index in [1.54, 1.807) is 0 Å². The fourth-order valence-electron chi connectivity index (χ4n) is 1.49. The van der Waals surface area contributed by atoms with Gasteiger partial charge in [-0.25, -0.2) is 0 Å². The van der Waals surface area contributed by atoms with Crippen molar-refractivity contribution >= 4 is 17.6 Å². The Morgan fingerprint density at radius 1 is 1.24 bits per heavy atom. The number of hydrogen-bond acceptors (Lipinski definition) is 2. The Morgan fingerprint density at radius 3 is 2.41 bits per heavy atom. The Hall–Kier alpha value is -0.760. The van der Waals surface area contributed by atoms with Crippen LogP contribution in [0.1, 0.15) is 58.8 Å². The maximum atomic E-state index is 10.7. The van der Waals surface area contributed by atoms with Gasteiger partial charge in [-0.1, -0.05) is 63.3 Å². The van der Waals surface area contributed by atoms with Crippen molar-refractivity contribution in [3.63, 3.8) is 0 Å². The summed E-state index contributed by atoms with van der Waals surface area (Å²) in [7, 11) is 0. The predicted molar refractivity (Wildman–Crippen MR) is 72.8 cm³/mol. The van der Waals surface area contributed by atoms with Gasteiger partial charge in [-0.05, 0) is 12.8 Å². The molecule has 3 heteroatoms. The van der Waals surface area contributed by atoms with E-state index in [4.69, 9.17) is 16.3 Å². The van der Waals surface area contributed by atoms with E-state index in [1.807, 2.05) is 6.08 Å². The summed E-state index contributed by atoms with van der Waals surface area (Å²) in [5, 5.41) is 0.439. The number of allylic oxidation sites excluding steroid dienone is 2. The SMILES string of the molecule is C=C(OC(C)=O)/C(Cl)=C\CCCCCCCC. The lowest BCUT2D eigenvalue weighted by atomic mass is 10.1. The van der Waals surface area contributed by atoms with Crippen LogP contribution < -0.4 is 0 Å². The van der Waals surface area contributed by atoms with Crippen molar-refractivity contribution in [2.24, 2.45) is 0 Å². The Morgan fingerprint density at radius 2 is 1.82 bits per heavy atom. The lowest BCUT2D eigenvalue weighted by Gasteiger charge is -2.03. The molecule has 0 saturated heterocycles. The number of rotatable bonds is 9. The third-order valence-corrected chi connectivity index (χ3v) is 2.78. The molecule has 0 atom stereocenters. The molecule has 0 fully saturated rings. The van der Waals surface area contributed by atoms with E-state index in [9.17, 15) is 4.79 Å². The molecule has 17 heavy (non-hydrogen) atoms. The Kier molecular flexibility index (Phi) is 9.93. The molecule has 0 aromatic heterocycles. The van der Waals surface area contributed by atoms with Crippen LogP contribution in [-0.2, 0) is 9.53 Å². The first-order chi connectivity index (χ1) is 8.07. The molecule has 0 spiro atoms. The van der Waals surface area contributed by atoms with E-state index in [-0.39, 0.29) is 11.7 Å². The van der Waals surface area contributed by atoms with Crippen LogP contribution >= 0.6 is 11.6 Å². The predicted octanol–water partition coefficient (Wildman–Crippen LogP) is 4.94. The normalized spacial score (nSPS) is 11.4. The van der Waals surface area contributed by atoms with E-state index >= 15 is 0 Å². The van der Waals surface area contributed by atoms with E-state index in [0.717, 1.165) is 12.8 Å². The second kappa shape index (κ2) is 10.4. The lowest BCUT2D eigenvalue weighted by Crippen LogP contribution is -1.97. The molecule has 0 aromatic carbocycles. The first-order valence-corrected chi connectivity index (χ1v) is 6.69. The molecule has 0 aliphatic heterocycles. The highest BCUT2D eigenvalue weighted by molar-refractivity contribution is 6.31. The Balaban J connectivity index is 3.62. The van der Waals surface area contributed by atoms with E-state index < -0.39 is 0 Å². The van der Waals surface area contributed by atoms with Crippen molar-refractivity contribution in [1.82, 2.24) is 0 Å². The molecule has 0 N–H and O–H groups in total. The van der Waals surface area contributed by atoms with Crippen LogP contribution in [0.15, 0.2) is 23.4 Å². The molecule has 0 bridgehead atoms. The number of carbonyl (C=O) groups excluding carboxylic acids is 1. The average molecular weight is 259 g/mol. The summed E-state index contributed by atoms with van der Waals surface area (Å²) in [6.07, 6.45) is 10.3. The van der Waals surface area contributed by atoms with Gasteiger partial charge in [-0.3, -0.25) is 4.79 Å². The molecule has 0 amide bonds. The zero-order valence-electron chi connectivity index (χ0n) is 10.9. The molecular weight excluding hydrogens is 236 g/mol. The van der Waals surface area contributed by atoms with Crippen LogP contribution in [-0.4, -0.2) is 5.97 Å². The van der Waals surface area contributed by atoms with E-state index in [2.05, 4.69) is 13.5 Å². The van der Waals surface area contributed by atoms with Crippen LogP contribution in [0.2, 0.25) is 0 Å². The summed E-state index contributed by atoms with van der Waals surface area (Å²) in [5.74, 6) is -0.147. The Labute approximate surface area is 110 Å². The van der Waals surface area contributed by atoms with Crippen molar-refractivity contribution in [2.75, 3.05) is 0 Å². The van der Waals surface area contributed by atoms with Gasteiger partial charge < -0.3 is 4.74 Å². The molecule has 0 aromatic rings. The highest BCUT2D eigenvalue weighted by atomic mass is 35.5. The van der Waals surface area contributed by atoms with Crippen LogP contribution in [0.25, 0.3) is 0 Å². The van der Waals surface area contributed by atoms with Crippen molar-refractivity contribution in [1.29, 1.82) is 0 Å². The zero-order chi connectivity index (χ0) is 13.1. The van der Waals surface area contributed by atoms with Gasteiger partial charge in [0.05, 0.1) is 5.03 Å². The second-order valence-corrected chi connectivity index (χ2v) is 4.53. The largest absolute Gasteiger partial charge is 0.426 e. The number of hydrogen-bond donors (Lipinski definition) is 0. The lowest BCUT2D eigenvalue weighted by molar-refractivity contribution is -0.136. The first kappa shape index (κ1) is 16.2. The van der Waals surface area contributed by atoms with Gasteiger partial charge in [0.15, 0.2) is 0 Å². The fourth-order valence-corrected chi connectivity index (χ4v) is 1.64. The van der Waals surface area contributed by atoms with Gasteiger partial charge >= 0.3 is 5.97 Å². The minimum Gasteiger partial charge on any atom is -0.426 e. The summed E-state index contributed by atoms with van der Waals surface area (Å²) >= 11 is 5.92. The number of unbranched alkanes of at least 4 members (excludes halogenated alkanes) is 6. The molecule has 0 rings (SSSR count). The van der Waals surface area contributed by atoms with Crippen LogP contribution in [0.3, 0.4) is 0 Å². The van der Waals surface area contributed by atoms with E-state index in [1.165, 1.54) is 39.0 Å². The van der Waals surface area contributed by atoms with Gasteiger partial charge in [-0.2, -0.15) is 0 Å². The first-order valence-electron chi connectivity index (χ1n) is 6.31. The quantitative estimate of drug-likeness (QED) is 0.253. The van der Waals surface area contributed by atoms with Crippen molar-refractivity contribution < 1.29 is 9.53 Å². The van der Waals surface area contributed by atoms with Crippen LogP contribution in [0.5, 0.6) is 0 Å². The van der Waals surface area contributed by atoms with Gasteiger partial charge in [0.25, 0.3) is 0 Å². The topological polar surface area (TPSA) is 26.3 Å². The van der Waals surface area contributed by atoms with Gasteiger partial charge in [0.2, 0.25) is 0 Å². The number of esters is 1. The smallest absolute Gasteiger partial charge is 0.308 e. The highest BCUT2D eigenvalue weighted by Gasteiger charge is 2.02. The van der Waals surface area contributed by atoms with Crippen LogP contribution in [0.4, 0.5) is 0 Å². The van der Waals surface area contributed by atoms with Crippen molar-refractivity contribution in [2.45, 2.75) is 58.8 Å². The minimum atomic E-state index is -0.388. The summed E-state index contributed by atoms with van der Waals surface area (Å²) in [6, 6.07) is 0. The molecule has 0 aliphatic carbocycles. The molecule has 2 nitrogen and oxygen atoms in total. The fraction of sp³-hybridized carbons (Fsp3) is 0.643. The minimum absolute atomic E-state index is 0.241. The van der Waals surface area contributed by atoms with E-state index in [0.29, 0.717) is 5.03 Å². The summed E-state index contributed by atoms with van der Waals surface area (Å²) in [4.78, 5) is 10.7. The third kappa shape index (κ3) is 10.1. The van der Waals surface area contributed by atoms with Gasteiger partial charge in [0, 0.05) is 6.92 Å². The summed E-state index contributed by atoms with van der Waals surface area (Å²) in [6.45, 7) is 7.14. The molecule has 0 heterocycles. The molecule has 0 saturated carbocycles. The molecule has 0 aliphatic rings. The van der Waals surface area contributed by atoms with Crippen LogP contribution in [0, 0.1) is 0 Å². The maximum absolute atomic E-state index is 10.7. The molecule has 0 radical (unpaired) electrons. The van der Waals surface area contributed by atoms with Gasteiger partial charge in [-0.15, -0.1) is 0 Å². The monoisotopic (exact) mass is 258 g/mol. The third-order valence-electron chi connectivity index (χ3n) is 2.41. The highest BCUT2D eigenvalue weighted by Crippen LogP contribution is 2.16. The van der Waals surface area contributed by atoms with Crippen molar-refractivity contribution in [3.05, 3.63) is 23.4 Å². The number of ether oxygens (including phenoxy) is 1. The molecular formula is C14H23ClO2. The Bertz CT molecular complexity index is 269. The average Bonchev–Trinajstić information content (AvgIpc) is 2.26. The van der Waals surface area contributed by atoms with Gasteiger partial charge in [0.1, 0.15) is 5.76 Å². The zero-order valence-corrected chi connectivity index (χ0v) is 11.7. The maximum Gasteiger partial charge on any atom is 0.308 e. The molecule has 0 unspecified atom stereocenters. The second-order valence-electron chi connectivity index (χ2n) is 4.13. The summed E-state index contributed by atoms with van der Waals surface area (Å²) in [5.41, 5.74) is 0. The van der Waals surface area contributed by atoms with Crippen molar-refractivity contribution in [3.8, 4) is 0 Å².